The first-order valence-corrected chi connectivity index (χ1v) is 5.35. The van der Waals surface area contributed by atoms with Crippen LogP contribution in [-0.2, 0) is 6.18 Å². The smallest absolute Gasteiger partial charge is 0.365 e. The molecule has 1 heterocycles. The van der Waals surface area contributed by atoms with E-state index < -0.39 is 11.7 Å². The van der Waals surface area contributed by atoms with Crippen molar-refractivity contribution in [3.8, 4) is 0 Å². The Labute approximate surface area is 97.8 Å². The zero-order chi connectivity index (χ0) is 12.5. The monoisotopic (exact) mass is 242 g/mol. The third-order valence-corrected chi connectivity index (χ3v) is 2.82. The van der Waals surface area contributed by atoms with Gasteiger partial charge in [0, 0.05) is 26.1 Å². The van der Waals surface area contributed by atoms with Crippen molar-refractivity contribution in [1.82, 2.24) is 4.90 Å². The highest BCUT2D eigenvalue weighted by Gasteiger charge is 2.35. The molecule has 2 rings (SSSR count). The van der Waals surface area contributed by atoms with Gasteiger partial charge >= 0.3 is 6.18 Å². The van der Waals surface area contributed by atoms with Crippen LogP contribution in [0.25, 0.3) is 0 Å². The summed E-state index contributed by atoms with van der Waals surface area (Å²) < 4.78 is 38.5. The Bertz CT molecular complexity index is 426. The first-order chi connectivity index (χ1) is 7.98. The van der Waals surface area contributed by atoms with E-state index in [0.717, 1.165) is 6.07 Å². The molecule has 0 fully saturated rings. The number of alkyl halides is 3. The van der Waals surface area contributed by atoms with Crippen molar-refractivity contribution in [3.63, 3.8) is 0 Å². The lowest BCUT2D eigenvalue weighted by atomic mass is 9.93. The second-order valence-corrected chi connectivity index (χ2v) is 4.20. The van der Waals surface area contributed by atoms with Crippen LogP contribution in [0.2, 0.25) is 0 Å². The minimum absolute atomic E-state index is 0.192. The molecule has 0 radical (unpaired) electrons. The van der Waals surface area contributed by atoms with E-state index in [1.54, 1.807) is 23.4 Å². The average molecular weight is 242 g/mol. The van der Waals surface area contributed by atoms with Gasteiger partial charge in [0.2, 0.25) is 0 Å². The molecule has 0 aliphatic carbocycles. The summed E-state index contributed by atoms with van der Waals surface area (Å²) in [7, 11) is 1.81. The van der Waals surface area contributed by atoms with E-state index in [0.29, 0.717) is 18.7 Å². The highest BCUT2D eigenvalue weighted by atomic mass is 19.4. The third kappa shape index (κ3) is 2.60. The van der Waals surface area contributed by atoms with Crippen LogP contribution in [0.3, 0.4) is 0 Å². The molecule has 0 saturated carbocycles. The second kappa shape index (κ2) is 4.39. The summed E-state index contributed by atoms with van der Waals surface area (Å²) in [5.74, 6) is -0.192. The van der Waals surface area contributed by atoms with Crippen molar-refractivity contribution in [2.24, 2.45) is 4.99 Å². The Morgan fingerprint density at radius 2 is 2.00 bits per heavy atom. The fraction of sp³-hybridized carbons (Fsp3) is 0.417. The molecule has 5 heteroatoms. The molecule has 1 aromatic carbocycles. The Hall–Kier alpha value is -1.52. The van der Waals surface area contributed by atoms with Gasteiger partial charge in [-0.3, -0.25) is 4.99 Å². The average Bonchev–Trinajstić information content (AvgIpc) is 2.28. The predicted octanol–water partition coefficient (Wildman–Crippen LogP) is 2.76. The van der Waals surface area contributed by atoms with E-state index in [4.69, 9.17) is 0 Å². The molecule has 17 heavy (non-hydrogen) atoms. The summed E-state index contributed by atoms with van der Waals surface area (Å²) in [5.41, 5.74) is -0.209. The lowest BCUT2D eigenvalue weighted by molar-refractivity contribution is -0.138. The summed E-state index contributed by atoms with van der Waals surface area (Å²) in [6.07, 6.45) is -2.64. The third-order valence-electron chi connectivity index (χ3n) is 2.82. The number of nitrogens with zero attached hydrogens (tertiary/aromatic N) is 2. The molecule has 92 valence electrons. The minimum Gasteiger partial charge on any atom is -0.365 e. The minimum atomic E-state index is -4.30. The standard InChI is InChI=1S/C12H13F3N2/c1-17-7-9(6-16-8-17)10-4-2-3-5-11(10)12(13,14)15/h2-5,8-9H,6-7H2,1H3. The van der Waals surface area contributed by atoms with Crippen LogP contribution in [0.1, 0.15) is 17.0 Å². The van der Waals surface area contributed by atoms with E-state index >= 15 is 0 Å². The summed E-state index contributed by atoms with van der Waals surface area (Å²) in [6, 6.07) is 5.74. The second-order valence-electron chi connectivity index (χ2n) is 4.20. The van der Waals surface area contributed by atoms with Crippen LogP contribution in [0, 0.1) is 0 Å². The molecule has 1 atom stereocenters. The van der Waals surface area contributed by atoms with Crippen molar-refractivity contribution < 1.29 is 13.2 Å². The number of likely N-dealkylation sites (N-methyl/N-ethyl adjacent to an activating group) is 1. The van der Waals surface area contributed by atoms with Crippen LogP contribution in [0.5, 0.6) is 0 Å². The van der Waals surface area contributed by atoms with Crippen LogP contribution in [0.15, 0.2) is 29.3 Å². The molecule has 1 aliphatic rings. The van der Waals surface area contributed by atoms with Gasteiger partial charge in [0.15, 0.2) is 0 Å². The van der Waals surface area contributed by atoms with E-state index in [9.17, 15) is 13.2 Å². The van der Waals surface area contributed by atoms with E-state index in [1.165, 1.54) is 6.07 Å². The summed E-state index contributed by atoms with van der Waals surface area (Å²) >= 11 is 0. The zero-order valence-corrected chi connectivity index (χ0v) is 9.41. The number of benzene rings is 1. The lowest BCUT2D eigenvalue weighted by Crippen LogP contribution is -2.30. The van der Waals surface area contributed by atoms with Crippen LogP contribution < -0.4 is 0 Å². The number of halogens is 3. The van der Waals surface area contributed by atoms with Crippen LogP contribution >= 0.6 is 0 Å². The van der Waals surface area contributed by atoms with Gasteiger partial charge in [-0.05, 0) is 11.6 Å². The van der Waals surface area contributed by atoms with Gasteiger partial charge in [-0.2, -0.15) is 13.2 Å². The molecular formula is C12H13F3N2. The fourth-order valence-electron chi connectivity index (χ4n) is 2.07. The molecule has 0 bridgehead atoms. The maximum Gasteiger partial charge on any atom is 0.416 e. The fourth-order valence-corrected chi connectivity index (χ4v) is 2.07. The maximum absolute atomic E-state index is 12.8. The summed E-state index contributed by atoms with van der Waals surface area (Å²) in [5, 5.41) is 0. The molecule has 0 saturated heterocycles. The molecule has 2 nitrogen and oxygen atoms in total. The normalized spacial score (nSPS) is 20.7. The van der Waals surface area contributed by atoms with Crippen molar-refractivity contribution in [2.75, 3.05) is 20.1 Å². The highest BCUT2D eigenvalue weighted by molar-refractivity contribution is 5.56. The molecule has 1 aliphatic heterocycles. The van der Waals surface area contributed by atoms with Gasteiger partial charge in [-0.15, -0.1) is 0 Å². The van der Waals surface area contributed by atoms with Crippen LogP contribution in [-0.4, -0.2) is 31.4 Å². The van der Waals surface area contributed by atoms with E-state index in [1.807, 2.05) is 7.05 Å². The number of rotatable bonds is 1. The molecular weight excluding hydrogens is 229 g/mol. The summed E-state index contributed by atoms with van der Waals surface area (Å²) in [6.45, 7) is 0.980. The molecule has 0 amide bonds. The molecule has 0 aromatic heterocycles. The topological polar surface area (TPSA) is 15.6 Å². The molecule has 1 unspecified atom stereocenters. The number of aliphatic imine (C=N–C) groups is 1. The van der Waals surface area contributed by atoms with Gasteiger partial charge in [-0.1, -0.05) is 18.2 Å². The Kier molecular flexibility index (Phi) is 3.09. The maximum atomic E-state index is 12.8. The largest absolute Gasteiger partial charge is 0.416 e. The Morgan fingerprint density at radius 1 is 1.29 bits per heavy atom. The van der Waals surface area contributed by atoms with E-state index in [-0.39, 0.29) is 5.92 Å². The van der Waals surface area contributed by atoms with Crippen molar-refractivity contribution >= 4 is 6.34 Å². The van der Waals surface area contributed by atoms with Crippen molar-refractivity contribution in [3.05, 3.63) is 35.4 Å². The van der Waals surface area contributed by atoms with Gasteiger partial charge in [0.1, 0.15) is 0 Å². The van der Waals surface area contributed by atoms with Gasteiger partial charge in [0.25, 0.3) is 0 Å². The van der Waals surface area contributed by atoms with Gasteiger partial charge < -0.3 is 4.90 Å². The molecule has 0 spiro atoms. The zero-order valence-electron chi connectivity index (χ0n) is 9.41. The molecule has 1 aromatic rings. The van der Waals surface area contributed by atoms with E-state index in [2.05, 4.69) is 4.99 Å². The van der Waals surface area contributed by atoms with Crippen molar-refractivity contribution in [2.45, 2.75) is 12.1 Å². The summed E-state index contributed by atoms with van der Waals surface area (Å²) in [4.78, 5) is 5.88. The molecule has 0 N–H and O–H groups in total. The van der Waals surface area contributed by atoms with Gasteiger partial charge in [-0.25, -0.2) is 0 Å². The highest BCUT2D eigenvalue weighted by Crippen LogP contribution is 2.35. The van der Waals surface area contributed by atoms with Gasteiger partial charge in [0.05, 0.1) is 11.9 Å². The predicted molar refractivity (Wildman–Crippen MR) is 60.2 cm³/mol. The Morgan fingerprint density at radius 3 is 2.65 bits per heavy atom. The Balaban J connectivity index is 2.35. The van der Waals surface area contributed by atoms with Crippen LogP contribution in [0.4, 0.5) is 13.2 Å². The quantitative estimate of drug-likeness (QED) is 0.739. The SMILES string of the molecule is CN1C=NCC(c2ccccc2C(F)(F)F)C1. The number of hydrogen-bond acceptors (Lipinski definition) is 2. The first-order valence-electron chi connectivity index (χ1n) is 5.35. The first kappa shape index (κ1) is 12.0. The lowest BCUT2D eigenvalue weighted by Gasteiger charge is -2.27. The van der Waals surface area contributed by atoms with Crippen molar-refractivity contribution in [1.29, 1.82) is 0 Å². The number of hydrogen-bond donors (Lipinski definition) is 0.